The lowest BCUT2D eigenvalue weighted by molar-refractivity contribution is 0.563. The van der Waals surface area contributed by atoms with Crippen molar-refractivity contribution in [1.29, 1.82) is 0 Å². The smallest absolute Gasteiger partial charge is 0.345 e. The number of nitrogens with zero attached hydrogens (tertiary/aromatic N) is 1. The minimum Gasteiger partial charge on any atom is -0.422 e. The predicted molar refractivity (Wildman–Crippen MR) is 117 cm³/mol. The third-order valence-corrected chi connectivity index (χ3v) is 4.92. The monoisotopic (exact) mass is 375 g/mol. The standard InChI is InChI=1S/C26H17NO2/c28-26-22(15-20-13-7-8-14-25(20)29-26)24-17-21(18-9-3-1-4-10-18)16-23(27-24)19-11-5-2-6-12-19/h1-17H. The lowest BCUT2D eigenvalue weighted by atomic mass is 10.0. The average molecular weight is 375 g/mol. The summed E-state index contributed by atoms with van der Waals surface area (Å²) < 4.78 is 5.54. The van der Waals surface area contributed by atoms with Gasteiger partial charge in [0.1, 0.15) is 5.58 Å². The molecule has 0 N–H and O–H groups in total. The summed E-state index contributed by atoms with van der Waals surface area (Å²) in [7, 11) is 0. The number of pyridine rings is 1. The summed E-state index contributed by atoms with van der Waals surface area (Å²) in [6.45, 7) is 0. The van der Waals surface area contributed by atoms with Crippen molar-refractivity contribution in [2.75, 3.05) is 0 Å². The zero-order valence-electron chi connectivity index (χ0n) is 15.6. The Bertz CT molecular complexity index is 1300. The van der Waals surface area contributed by atoms with E-state index < -0.39 is 0 Å². The van der Waals surface area contributed by atoms with E-state index >= 15 is 0 Å². The van der Waals surface area contributed by atoms with E-state index in [4.69, 9.17) is 9.40 Å². The molecule has 0 aliphatic rings. The largest absolute Gasteiger partial charge is 0.422 e. The molecule has 0 spiro atoms. The SMILES string of the molecule is O=c1oc2ccccc2cc1-c1cc(-c2ccccc2)cc(-c2ccccc2)n1. The highest BCUT2D eigenvalue weighted by atomic mass is 16.4. The van der Waals surface area contributed by atoms with Crippen molar-refractivity contribution in [3.05, 3.63) is 114 Å². The fraction of sp³-hybridized carbons (Fsp3) is 0. The number of para-hydroxylation sites is 1. The minimum atomic E-state index is -0.388. The van der Waals surface area contributed by atoms with Crippen LogP contribution in [0.25, 0.3) is 44.6 Å². The van der Waals surface area contributed by atoms with Crippen LogP contribution in [0.1, 0.15) is 0 Å². The molecule has 0 aliphatic carbocycles. The Hall–Kier alpha value is -3.98. The second-order valence-electron chi connectivity index (χ2n) is 6.84. The summed E-state index contributed by atoms with van der Waals surface area (Å²) in [5, 5.41) is 0.871. The number of hydrogen-bond acceptors (Lipinski definition) is 3. The lowest BCUT2D eigenvalue weighted by Gasteiger charge is -2.10. The Morgan fingerprint density at radius 1 is 0.586 bits per heavy atom. The molecule has 3 heteroatoms. The summed E-state index contributed by atoms with van der Waals surface area (Å²) in [5.74, 6) is 0. The lowest BCUT2D eigenvalue weighted by Crippen LogP contribution is -2.04. The highest BCUT2D eigenvalue weighted by Crippen LogP contribution is 2.30. The summed E-state index contributed by atoms with van der Waals surface area (Å²) in [6.07, 6.45) is 0. The van der Waals surface area contributed by atoms with E-state index in [0.717, 1.165) is 27.8 Å². The number of fused-ring (bicyclic) bond motifs is 1. The quantitative estimate of drug-likeness (QED) is 0.353. The molecule has 0 radical (unpaired) electrons. The normalized spacial score (nSPS) is 10.9. The van der Waals surface area contributed by atoms with Crippen molar-refractivity contribution in [2.24, 2.45) is 0 Å². The second-order valence-corrected chi connectivity index (χ2v) is 6.84. The molecule has 0 aliphatic heterocycles. The van der Waals surface area contributed by atoms with Crippen molar-refractivity contribution in [1.82, 2.24) is 4.98 Å². The first kappa shape index (κ1) is 17.1. The van der Waals surface area contributed by atoms with Gasteiger partial charge < -0.3 is 4.42 Å². The Balaban J connectivity index is 1.76. The molecule has 5 aromatic rings. The van der Waals surface area contributed by atoms with Gasteiger partial charge in [0.2, 0.25) is 0 Å². The van der Waals surface area contributed by atoms with E-state index in [-0.39, 0.29) is 5.63 Å². The van der Waals surface area contributed by atoms with E-state index in [1.807, 2.05) is 78.9 Å². The van der Waals surface area contributed by atoms with Crippen molar-refractivity contribution in [3.8, 4) is 33.6 Å². The van der Waals surface area contributed by atoms with E-state index in [2.05, 4.69) is 18.2 Å². The Morgan fingerprint density at radius 3 is 1.97 bits per heavy atom. The Kier molecular flexibility index (Phi) is 4.26. The molecule has 2 aromatic heterocycles. The molecule has 3 aromatic carbocycles. The zero-order valence-corrected chi connectivity index (χ0v) is 15.6. The maximum absolute atomic E-state index is 12.7. The molecule has 29 heavy (non-hydrogen) atoms. The molecule has 2 heterocycles. The third-order valence-electron chi connectivity index (χ3n) is 4.92. The first-order valence-electron chi connectivity index (χ1n) is 9.44. The van der Waals surface area contributed by atoms with E-state index in [9.17, 15) is 4.79 Å². The van der Waals surface area contributed by atoms with Crippen molar-refractivity contribution >= 4 is 11.0 Å². The maximum atomic E-state index is 12.7. The van der Waals surface area contributed by atoms with E-state index in [1.54, 1.807) is 6.07 Å². The first-order valence-corrected chi connectivity index (χ1v) is 9.44. The van der Waals surface area contributed by atoms with Gasteiger partial charge in [0.05, 0.1) is 17.0 Å². The number of benzene rings is 3. The third kappa shape index (κ3) is 3.34. The summed E-state index contributed by atoms with van der Waals surface area (Å²) in [5.41, 5.74) is 5.12. The number of rotatable bonds is 3. The molecule has 0 bridgehead atoms. The van der Waals surface area contributed by atoms with Crippen molar-refractivity contribution < 1.29 is 4.42 Å². The first-order chi connectivity index (χ1) is 14.3. The van der Waals surface area contributed by atoms with Gasteiger partial charge in [-0.2, -0.15) is 0 Å². The minimum absolute atomic E-state index is 0.388. The van der Waals surface area contributed by atoms with Crippen LogP contribution < -0.4 is 5.63 Å². The topological polar surface area (TPSA) is 43.1 Å². The van der Waals surface area contributed by atoms with Crippen LogP contribution in [0.5, 0.6) is 0 Å². The maximum Gasteiger partial charge on any atom is 0.345 e. The Morgan fingerprint density at radius 2 is 1.21 bits per heavy atom. The van der Waals surface area contributed by atoms with Gasteiger partial charge in [0.15, 0.2) is 0 Å². The highest BCUT2D eigenvalue weighted by Gasteiger charge is 2.13. The van der Waals surface area contributed by atoms with Gasteiger partial charge in [-0.25, -0.2) is 9.78 Å². The van der Waals surface area contributed by atoms with Gasteiger partial charge in [0, 0.05) is 10.9 Å². The fourth-order valence-electron chi connectivity index (χ4n) is 3.46. The molecule has 0 fully saturated rings. The van der Waals surface area contributed by atoms with Gasteiger partial charge >= 0.3 is 5.63 Å². The second kappa shape index (κ2) is 7.21. The molecule has 138 valence electrons. The van der Waals surface area contributed by atoms with Crippen LogP contribution in [-0.2, 0) is 0 Å². The van der Waals surface area contributed by atoms with E-state index in [1.165, 1.54) is 0 Å². The van der Waals surface area contributed by atoms with Crippen LogP contribution >= 0.6 is 0 Å². The summed E-state index contributed by atoms with van der Waals surface area (Å²) >= 11 is 0. The van der Waals surface area contributed by atoms with Crippen LogP contribution in [-0.4, -0.2) is 4.98 Å². The molecule has 0 unspecified atom stereocenters. The van der Waals surface area contributed by atoms with Crippen LogP contribution in [0.3, 0.4) is 0 Å². The summed E-state index contributed by atoms with van der Waals surface area (Å²) in [6, 6.07) is 33.4. The number of hydrogen-bond donors (Lipinski definition) is 0. The van der Waals surface area contributed by atoms with Crippen LogP contribution in [0.2, 0.25) is 0 Å². The zero-order chi connectivity index (χ0) is 19.6. The summed E-state index contributed by atoms with van der Waals surface area (Å²) in [4.78, 5) is 17.5. The Labute approximate surface area is 167 Å². The van der Waals surface area contributed by atoms with Gasteiger partial charge in [-0.05, 0) is 35.4 Å². The van der Waals surface area contributed by atoms with Crippen LogP contribution in [0.15, 0.2) is 112 Å². The van der Waals surface area contributed by atoms with Gasteiger partial charge in [0.25, 0.3) is 0 Å². The van der Waals surface area contributed by atoms with Gasteiger partial charge in [-0.15, -0.1) is 0 Å². The predicted octanol–water partition coefficient (Wildman–Crippen LogP) is 6.19. The highest BCUT2D eigenvalue weighted by molar-refractivity contribution is 5.83. The van der Waals surface area contributed by atoms with Gasteiger partial charge in [-0.3, -0.25) is 0 Å². The molecular formula is C26H17NO2. The molecule has 3 nitrogen and oxygen atoms in total. The fourth-order valence-corrected chi connectivity index (χ4v) is 3.46. The van der Waals surface area contributed by atoms with E-state index in [0.29, 0.717) is 16.8 Å². The van der Waals surface area contributed by atoms with Gasteiger partial charge in [-0.1, -0.05) is 78.9 Å². The molecule has 0 saturated heterocycles. The number of aromatic nitrogens is 1. The molecule has 0 saturated carbocycles. The van der Waals surface area contributed by atoms with Crippen LogP contribution in [0.4, 0.5) is 0 Å². The molecule has 0 atom stereocenters. The van der Waals surface area contributed by atoms with Crippen molar-refractivity contribution in [3.63, 3.8) is 0 Å². The van der Waals surface area contributed by atoms with Crippen LogP contribution in [0, 0.1) is 0 Å². The van der Waals surface area contributed by atoms with Crippen molar-refractivity contribution in [2.45, 2.75) is 0 Å². The molecule has 0 amide bonds. The molecular weight excluding hydrogens is 358 g/mol. The average Bonchev–Trinajstić information content (AvgIpc) is 2.79. The molecule has 5 rings (SSSR count).